The lowest BCUT2D eigenvalue weighted by Gasteiger charge is -2.07. The number of nitrogens with zero attached hydrogens (tertiary/aromatic N) is 3. The van der Waals surface area contributed by atoms with Crippen LogP contribution in [0.5, 0.6) is 0 Å². The van der Waals surface area contributed by atoms with Crippen LogP contribution >= 0.6 is 0 Å². The molecule has 92 valence electrons. The van der Waals surface area contributed by atoms with Gasteiger partial charge in [-0.1, -0.05) is 0 Å². The van der Waals surface area contributed by atoms with Crippen molar-refractivity contribution in [1.82, 2.24) is 20.4 Å². The summed E-state index contributed by atoms with van der Waals surface area (Å²) in [4.78, 5) is 16.1. The Morgan fingerprint density at radius 3 is 2.94 bits per heavy atom. The number of guanidine groups is 1. The summed E-state index contributed by atoms with van der Waals surface area (Å²) in [7, 11) is 0. The molecule has 0 aromatic carbocycles. The molecule has 2 rings (SSSR count). The number of rotatable bonds is 3. The number of amides is 1. The Balaban J connectivity index is 2.15. The van der Waals surface area contributed by atoms with E-state index in [0.717, 1.165) is 12.1 Å². The molecule has 1 amide bonds. The maximum Gasteiger partial charge on any atom is 0.256 e. The Hall–Kier alpha value is -1.85. The fraction of sp³-hybridized carbons (Fsp3) is 0.545. The molecule has 1 aromatic heterocycles. The van der Waals surface area contributed by atoms with E-state index in [4.69, 9.17) is 0 Å². The van der Waals surface area contributed by atoms with Crippen molar-refractivity contribution in [2.45, 2.75) is 39.4 Å². The van der Waals surface area contributed by atoms with Crippen LogP contribution in [-0.2, 0) is 11.3 Å². The number of nitrogens with one attached hydrogen (secondary N) is 2. The van der Waals surface area contributed by atoms with E-state index in [2.05, 4.69) is 20.7 Å². The summed E-state index contributed by atoms with van der Waals surface area (Å²) in [5.74, 6) is 0.433. The van der Waals surface area contributed by atoms with Crippen molar-refractivity contribution in [3.63, 3.8) is 0 Å². The molecule has 1 aliphatic rings. The number of aliphatic imine (C=N–C) groups is 1. The summed E-state index contributed by atoms with van der Waals surface area (Å²) < 4.78 is 1.78. The second kappa shape index (κ2) is 4.57. The second-order valence-electron chi connectivity index (χ2n) is 4.30. The average molecular weight is 235 g/mol. The highest BCUT2D eigenvalue weighted by Gasteiger charge is 2.29. The number of carbonyl (C=O) groups is 1. The molecular formula is C11H17N5O. The van der Waals surface area contributed by atoms with Crippen LogP contribution in [0, 0.1) is 0 Å². The minimum Gasteiger partial charge on any atom is -0.354 e. The van der Waals surface area contributed by atoms with E-state index in [9.17, 15) is 4.79 Å². The molecule has 6 nitrogen and oxygen atoms in total. The first-order valence-corrected chi connectivity index (χ1v) is 5.77. The van der Waals surface area contributed by atoms with Crippen molar-refractivity contribution in [3.8, 4) is 0 Å². The van der Waals surface area contributed by atoms with Gasteiger partial charge < -0.3 is 5.32 Å². The zero-order chi connectivity index (χ0) is 12.4. The molecule has 1 aliphatic heterocycles. The van der Waals surface area contributed by atoms with Crippen molar-refractivity contribution in [1.29, 1.82) is 0 Å². The third kappa shape index (κ3) is 2.46. The van der Waals surface area contributed by atoms with Gasteiger partial charge in [0, 0.05) is 24.3 Å². The molecular weight excluding hydrogens is 218 g/mol. The van der Waals surface area contributed by atoms with Gasteiger partial charge >= 0.3 is 0 Å². The molecule has 1 atom stereocenters. The van der Waals surface area contributed by atoms with Crippen molar-refractivity contribution >= 4 is 11.9 Å². The molecule has 2 heterocycles. The van der Waals surface area contributed by atoms with E-state index < -0.39 is 6.04 Å². The molecule has 0 fully saturated rings. The Morgan fingerprint density at radius 2 is 2.35 bits per heavy atom. The maximum absolute atomic E-state index is 11.8. The van der Waals surface area contributed by atoms with Crippen molar-refractivity contribution in [3.05, 3.63) is 18.0 Å². The Labute approximate surface area is 100 Å². The molecule has 17 heavy (non-hydrogen) atoms. The van der Waals surface area contributed by atoms with Gasteiger partial charge in [-0.3, -0.25) is 14.8 Å². The van der Waals surface area contributed by atoms with Crippen LogP contribution in [0.1, 0.15) is 32.4 Å². The molecule has 0 saturated heterocycles. The molecule has 0 saturated carbocycles. The molecule has 0 bridgehead atoms. The van der Waals surface area contributed by atoms with Gasteiger partial charge in [0.1, 0.15) is 0 Å². The standard InChI is InChI=1S/C11H17N5O/c1-4-16-6-8(5-12-16)9-10(17)15-11(14-9)13-7(2)3/h5-7,9H,4H2,1-3H3,(H2,13,14,15,17). The van der Waals surface area contributed by atoms with Gasteiger partial charge in [0.2, 0.25) is 0 Å². The SMILES string of the molecule is CCn1cc(C2N=C(NC(C)C)NC2=O)cn1. The molecule has 6 heteroatoms. The van der Waals surface area contributed by atoms with Crippen LogP contribution in [0.2, 0.25) is 0 Å². The van der Waals surface area contributed by atoms with E-state index in [1.54, 1.807) is 10.9 Å². The molecule has 0 radical (unpaired) electrons. The average Bonchev–Trinajstić information content (AvgIpc) is 2.83. The fourth-order valence-electron chi connectivity index (χ4n) is 1.67. The third-order valence-electron chi connectivity index (χ3n) is 2.47. The van der Waals surface area contributed by atoms with Crippen LogP contribution in [-0.4, -0.2) is 27.7 Å². The van der Waals surface area contributed by atoms with Gasteiger partial charge in [0.15, 0.2) is 12.0 Å². The number of aromatic nitrogens is 2. The maximum atomic E-state index is 11.8. The van der Waals surface area contributed by atoms with Gasteiger partial charge in [0.05, 0.1) is 6.20 Å². The lowest BCUT2D eigenvalue weighted by Crippen LogP contribution is -2.40. The molecule has 2 N–H and O–H groups in total. The van der Waals surface area contributed by atoms with E-state index in [1.807, 2.05) is 27.0 Å². The molecule has 0 spiro atoms. The third-order valence-corrected chi connectivity index (χ3v) is 2.47. The van der Waals surface area contributed by atoms with E-state index in [-0.39, 0.29) is 11.9 Å². The summed E-state index contributed by atoms with van der Waals surface area (Å²) in [6.45, 7) is 6.78. The number of carbonyl (C=O) groups excluding carboxylic acids is 1. The highest BCUT2D eigenvalue weighted by molar-refractivity contribution is 6.05. The van der Waals surface area contributed by atoms with Gasteiger partial charge in [-0.15, -0.1) is 0 Å². The number of aryl methyl sites for hydroxylation is 1. The van der Waals surface area contributed by atoms with Crippen LogP contribution in [0.4, 0.5) is 0 Å². The van der Waals surface area contributed by atoms with Gasteiger partial charge in [-0.05, 0) is 20.8 Å². The summed E-state index contributed by atoms with van der Waals surface area (Å²) in [5, 5.41) is 9.95. The van der Waals surface area contributed by atoms with Crippen molar-refractivity contribution in [2.24, 2.45) is 4.99 Å². The summed E-state index contributed by atoms with van der Waals surface area (Å²) >= 11 is 0. The zero-order valence-corrected chi connectivity index (χ0v) is 10.3. The molecule has 1 aromatic rings. The first kappa shape index (κ1) is 11.6. The topological polar surface area (TPSA) is 71.3 Å². The summed E-state index contributed by atoms with van der Waals surface area (Å²) in [6, 6.07) is -0.234. The van der Waals surface area contributed by atoms with Crippen molar-refractivity contribution in [2.75, 3.05) is 0 Å². The first-order chi connectivity index (χ1) is 8.10. The largest absolute Gasteiger partial charge is 0.354 e. The normalized spacial score (nSPS) is 19.4. The van der Waals surface area contributed by atoms with Crippen LogP contribution in [0.25, 0.3) is 0 Å². The number of hydrogen-bond donors (Lipinski definition) is 2. The minimum absolute atomic E-state index is 0.108. The zero-order valence-electron chi connectivity index (χ0n) is 10.3. The van der Waals surface area contributed by atoms with Gasteiger partial charge in [-0.25, -0.2) is 4.99 Å². The summed E-state index contributed by atoms with van der Waals surface area (Å²) in [5.41, 5.74) is 0.824. The van der Waals surface area contributed by atoms with E-state index in [1.165, 1.54) is 0 Å². The lowest BCUT2D eigenvalue weighted by atomic mass is 10.2. The van der Waals surface area contributed by atoms with Crippen molar-refractivity contribution < 1.29 is 4.79 Å². The summed E-state index contributed by atoms with van der Waals surface area (Å²) in [6.07, 6.45) is 3.54. The first-order valence-electron chi connectivity index (χ1n) is 5.77. The Bertz CT molecular complexity index is 448. The smallest absolute Gasteiger partial charge is 0.256 e. The minimum atomic E-state index is -0.475. The predicted molar refractivity (Wildman–Crippen MR) is 64.5 cm³/mol. The highest BCUT2D eigenvalue weighted by Crippen LogP contribution is 2.20. The quantitative estimate of drug-likeness (QED) is 0.798. The lowest BCUT2D eigenvalue weighted by molar-refractivity contribution is -0.120. The van der Waals surface area contributed by atoms with Gasteiger partial charge in [0.25, 0.3) is 5.91 Å². The van der Waals surface area contributed by atoms with Crippen LogP contribution in [0.15, 0.2) is 17.4 Å². The Kier molecular flexibility index (Phi) is 3.12. The monoisotopic (exact) mass is 235 g/mol. The van der Waals surface area contributed by atoms with E-state index in [0.29, 0.717) is 5.96 Å². The van der Waals surface area contributed by atoms with Crippen LogP contribution < -0.4 is 10.6 Å². The van der Waals surface area contributed by atoms with E-state index >= 15 is 0 Å². The predicted octanol–water partition coefficient (Wildman–Crippen LogP) is 0.428. The van der Waals surface area contributed by atoms with Gasteiger partial charge in [-0.2, -0.15) is 5.10 Å². The number of hydrogen-bond acceptors (Lipinski definition) is 4. The highest BCUT2D eigenvalue weighted by atomic mass is 16.2. The van der Waals surface area contributed by atoms with Crippen LogP contribution in [0.3, 0.4) is 0 Å². The second-order valence-corrected chi connectivity index (χ2v) is 4.30. The Morgan fingerprint density at radius 1 is 1.59 bits per heavy atom. The molecule has 1 unspecified atom stereocenters. The fourth-order valence-corrected chi connectivity index (χ4v) is 1.67. The molecule has 0 aliphatic carbocycles.